The van der Waals surface area contributed by atoms with Crippen LogP contribution in [0.1, 0.15) is 13.3 Å². The minimum atomic E-state index is -1.72. The first kappa shape index (κ1) is 13.8. The Bertz CT molecular complexity index is 264. The second-order valence-electron chi connectivity index (χ2n) is 2.63. The standard InChI is InChI=1S/C7H11O7P/c1-3(6(10)11)13-7(12)4(8)2-5(9)14-15/h3-4,8H,2,15H2,1H3,(H,10,11)/t3-,4-/m0/s1. The van der Waals surface area contributed by atoms with Crippen LogP contribution in [0.25, 0.3) is 0 Å². The maximum absolute atomic E-state index is 11.0. The SMILES string of the molecule is C[C@H](OC(=O)[C@@H](O)CC(=O)OP)C(=O)O. The highest BCUT2D eigenvalue weighted by atomic mass is 31.0. The van der Waals surface area contributed by atoms with Crippen LogP contribution in [0.15, 0.2) is 0 Å². The van der Waals surface area contributed by atoms with Gasteiger partial charge in [-0.15, -0.1) is 0 Å². The van der Waals surface area contributed by atoms with Gasteiger partial charge in [0.2, 0.25) is 0 Å². The van der Waals surface area contributed by atoms with Gasteiger partial charge in [-0.1, -0.05) is 0 Å². The molecule has 0 aromatic carbocycles. The summed E-state index contributed by atoms with van der Waals surface area (Å²) in [5, 5.41) is 17.5. The van der Waals surface area contributed by atoms with Crippen LogP contribution >= 0.6 is 9.47 Å². The molecular weight excluding hydrogens is 227 g/mol. The van der Waals surface area contributed by atoms with Gasteiger partial charge in [-0.05, 0) is 6.92 Å². The fourth-order valence-corrected chi connectivity index (χ4v) is 0.689. The maximum Gasteiger partial charge on any atom is 0.344 e. The Kier molecular flexibility index (Phi) is 5.81. The van der Waals surface area contributed by atoms with Crippen molar-refractivity contribution in [3.8, 4) is 0 Å². The number of aliphatic hydroxyl groups is 1. The Morgan fingerprint density at radius 3 is 2.33 bits per heavy atom. The van der Waals surface area contributed by atoms with Gasteiger partial charge in [0.1, 0.15) is 0 Å². The molecule has 0 aromatic heterocycles. The van der Waals surface area contributed by atoms with Crippen molar-refractivity contribution in [3.63, 3.8) is 0 Å². The van der Waals surface area contributed by atoms with Crippen LogP contribution in [-0.4, -0.2) is 40.3 Å². The molecule has 0 amide bonds. The van der Waals surface area contributed by atoms with E-state index >= 15 is 0 Å². The Labute approximate surface area is 87.6 Å². The molecule has 0 saturated carbocycles. The van der Waals surface area contributed by atoms with E-state index in [-0.39, 0.29) is 0 Å². The molecule has 0 aromatic rings. The smallest absolute Gasteiger partial charge is 0.344 e. The number of ether oxygens (including phenoxy) is 1. The van der Waals surface area contributed by atoms with Crippen LogP contribution in [0.4, 0.5) is 0 Å². The second kappa shape index (κ2) is 6.31. The van der Waals surface area contributed by atoms with Crippen LogP contribution in [-0.2, 0) is 23.6 Å². The van der Waals surface area contributed by atoms with E-state index in [4.69, 9.17) is 10.2 Å². The van der Waals surface area contributed by atoms with Gasteiger partial charge in [-0.2, -0.15) is 0 Å². The fourth-order valence-electron chi connectivity index (χ4n) is 0.592. The molecule has 0 bridgehead atoms. The largest absolute Gasteiger partial charge is 0.479 e. The molecule has 0 aliphatic carbocycles. The van der Waals surface area contributed by atoms with Gasteiger partial charge in [0.05, 0.1) is 15.9 Å². The van der Waals surface area contributed by atoms with Crippen molar-refractivity contribution >= 4 is 27.4 Å². The number of hydrogen-bond donors (Lipinski definition) is 2. The lowest BCUT2D eigenvalue weighted by atomic mass is 10.2. The molecule has 3 atom stereocenters. The van der Waals surface area contributed by atoms with Gasteiger partial charge in [0.25, 0.3) is 0 Å². The monoisotopic (exact) mass is 238 g/mol. The van der Waals surface area contributed by atoms with Crippen molar-refractivity contribution < 1.29 is 33.9 Å². The van der Waals surface area contributed by atoms with Crippen molar-refractivity contribution in [2.24, 2.45) is 0 Å². The van der Waals surface area contributed by atoms with Gasteiger partial charge in [0.15, 0.2) is 12.2 Å². The van der Waals surface area contributed by atoms with E-state index in [1.165, 1.54) is 0 Å². The molecule has 0 radical (unpaired) electrons. The number of aliphatic hydroxyl groups excluding tert-OH is 1. The molecule has 0 rings (SSSR count). The average molecular weight is 238 g/mol. The number of carboxylic acid groups (broad SMARTS) is 1. The lowest BCUT2D eigenvalue weighted by Crippen LogP contribution is -2.32. The maximum atomic E-state index is 11.0. The van der Waals surface area contributed by atoms with E-state index in [0.717, 1.165) is 6.92 Å². The summed E-state index contributed by atoms with van der Waals surface area (Å²) in [5.74, 6) is -3.35. The highest BCUT2D eigenvalue weighted by Gasteiger charge is 2.25. The van der Waals surface area contributed by atoms with Gasteiger partial charge in [-0.3, -0.25) is 4.79 Å². The normalized spacial score (nSPS) is 13.8. The van der Waals surface area contributed by atoms with E-state index in [1.54, 1.807) is 9.47 Å². The van der Waals surface area contributed by atoms with E-state index in [0.29, 0.717) is 0 Å². The molecule has 15 heavy (non-hydrogen) atoms. The number of hydrogen-bond acceptors (Lipinski definition) is 6. The van der Waals surface area contributed by atoms with Crippen LogP contribution in [0.2, 0.25) is 0 Å². The zero-order valence-electron chi connectivity index (χ0n) is 7.87. The summed E-state index contributed by atoms with van der Waals surface area (Å²) in [4.78, 5) is 31.9. The zero-order valence-corrected chi connectivity index (χ0v) is 9.03. The summed E-state index contributed by atoms with van der Waals surface area (Å²) in [6.45, 7) is 1.13. The molecule has 0 heterocycles. The van der Waals surface area contributed by atoms with Gasteiger partial charge in [-0.25, -0.2) is 9.59 Å². The summed E-state index contributed by atoms with van der Waals surface area (Å²) in [6, 6.07) is 0. The van der Waals surface area contributed by atoms with Crippen molar-refractivity contribution in [2.75, 3.05) is 0 Å². The Morgan fingerprint density at radius 1 is 1.40 bits per heavy atom. The molecule has 0 saturated heterocycles. The van der Waals surface area contributed by atoms with Crippen molar-refractivity contribution in [3.05, 3.63) is 0 Å². The lowest BCUT2D eigenvalue weighted by Gasteiger charge is -2.12. The summed E-state index contributed by atoms with van der Waals surface area (Å²) >= 11 is 0. The Balaban J connectivity index is 4.10. The quantitative estimate of drug-likeness (QED) is 0.471. The molecular formula is C7H11O7P. The number of carbonyl (C=O) groups excluding carboxylic acids is 2. The lowest BCUT2D eigenvalue weighted by molar-refractivity contribution is -0.170. The highest BCUT2D eigenvalue weighted by Crippen LogP contribution is 2.02. The molecule has 8 heteroatoms. The molecule has 86 valence electrons. The Hall–Kier alpha value is -1.20. The average Bonchev–Trinajstić information content (AvgIpc) is 2.16. The van der Waals surface area contributed by atoms with E-state index < -0.39 is 36.5 Å². The van der Waals surface area contributed by atoms with Gasteiger partial charge in [0, 0.05) is 0 Å². The van der Waals surface area contributed by atoms with Crippen molar-refractivity contribution in [1.29, 1.82) is 0 Å². The zero-order chi connectivity index (χ0) is 12.0. The minimum Gasteiger partial charge on any atom is -0.479 e. The first-order chi connectivity index (χ1) is 6.88. The molecule has 1 unspecified atom stereocenters. The van der Waals surface area contributed by atoms with Crippen molar-refractivity contribution in [1.82, 2.24) is 0 Å². The molecule has 0 aliphatic rings. The molecule has 0 fully saturated rings. The van der Waals surface area contributed by atoms with Crippen LogP contribution in [0.3, 0.4) is 0 Å². The third-order valence-corrected chi connectivity index (χ3v) is 1.67. The van der Waals surface area contributed by atoms with E-state index in [1.807, 2.05) is 0 Å². The molecule has 0 spiro atoms. The topological polar surface area (TPSA) is 110 Å². The summed E-state index contributed by atoms with van der Waals surface area (Å²) in [5.41, 5.74) is 0. The molecule has 0 aliphatic heterocycles. The Morgan fingerprint density at radius 2 is 1.93 bits per heavy atom. The fraction of sp³-hybridized carbons (Fsp3) is 0.571. The number of aliphatic carboxylic acids is 1. The number of carboxylic acids is 1. The first-order valence-corrected chi connectivity index (χ1v) is 4.36. The predicted octanol–water partition coefficient (Wildman–Crippen LogP) is -0.913. The van der Waals surface area contributed by atoms with Crippen LogP contribution < -0.4 is 0 Å². The second-order valence-corrected chi connectivity index (χ2v) is 2.86. The van der Waals surface area contributed by atoms with E-state index in [2.05, 4.69) is 9.26 Å². The van der Waals surface area contributed by atoms with Gasteiger partial charge < -0.3 is 19.5 Å². The number of rotatable bonds is 5. The van der Waals surface area contributed by atoms with Crippen LogP contribution in [0.5, 0.6) is 0 Å². The van der Waals surface area contributed by atoms with Crippen molar-refractivity contribution in [2.45, 2.75) is 25.6 Å². The number of esters is 1. The van der Waals surface area contributed by atoms with Gasteiger partial charge >= 0.3 is 17.9 Å². The van der Waals surface area contributed by atoms with E-state index in [9.17, 15) is 14.4 Å². The van der Waals surface area contributed by atoms with Crippen LogP contribution in [0, 0.1) is 0 Å². The highest BCUT2D eigenvalue weighted by molar-refractivity contribution is 7.10. The summed E-state index contributed by atoms with van der Waals surface area (Å²) in [6.07, 6.45) is -3.69. The third-order valence-electron chi connectivity index (χ3n) is 1.40. The molecule has 2 N–H and O–H groups in total. The first-order valence-electron chi connectivity index (χ1n) is 3.89. The summed E-state index contributed by atoms with van der Waals surface area (Å²) in [7, 11) is 1.66. The minimum absolute atomic E-state index is 0.589. The third kappa shape index (κ3) is 5.29. The summed E-state index contributed by atoms with van der Waals surface area (Å²) < 4.78 is 8.43. The number of carbonyl (C=O) groups is 3. The molecule has 7 nitrogen and oxygen atoms in total. The predicted molar refractivity (Wildman–Crippen MR) is 49.6 cm³/mol.